The first kappa shape index (κ1) is 15.1. The fourth-order valence-electron chi connectivity index (χ4n) is 1.03. The summed E-state index contributed by atoms with van der Waals surface area (Å²) in [5.41, 5.74) is 1.86. The lowest BCUT2D eigenvalue weighted by Crippen LogP contribution is -2.06. The van der Waals surface area contributed by atoms with Gasteiger partial charge in [-0.2, -0.15) is 18.3 Å². The van der Waals surface area contributed by atoms with Crippen LogP contribution in [0.15, 0.2) is 17.2 Å². The zero-order chi connectivity index (χ0) is 13.9. The molecule has 2 N–H and O–H groups in total. The Morgan fingerprint density at radius 1 is 1.33 bits per heavy atom. The number of hydrogen-bond donors (Lipinski definition) is 2. The van der Waals surface area contributed by atoms with Gasteiger partial charge in [-0.3, -0.25) is 5.43 Å². The van der Waals surface area contributed by atoms with Gasteiger partial charge in [-0.05, 0) is 19.1 Å². The summed E-state index contributed by atoms with van der Waals surface area (Å²) in [6.07, 6.45) is -4.52. The molecule has 0 aliphatic heterocycles. The standard InChI is InChI=1S/C10H9Cl2F3N2O/c1-5(4-18)16-17-9-7(11)2-6(3-8(9)12)10(13,14)15/h2-3,17-18H,4H2,1H3. The van der Waals surface area contributed by atoms with Gasteiger partial charge in [0.25, 0.3) is 0 Å². The highest BCUT2D eigenvalue weighted by Crippen LogP contribution is 2.38. The summed E-state index contributed by atoms with van der Waals surface area (Å²) in [6, 6.07) is 1.50. The predicted molar refractivity (Wildman–Crippen MR) is 65.3 cm³/mol. The highest BCUT2D eigenvalue weighted by atomic mass is 35.5. The molecule has 0 fully saturated rings. The molecule has 1 aromatic carbocycles. The van der Waals surface area contributed by atoms with Crippen LogP contribution in [0, 0.1) is 0 Å². The Morgan fingerprint density at radius 3 is 2.22 bits per heavy atom. The van der Waals surface area contributed by atoms with Crippen LogP contribution in [0.25, 0.3) is 0 Å². The molecule has 3 nitrogen and oxygen atoms in total. The van der Waals surface area contributed by atoms with Crippen LogP contribution in [-0.4, -0.2) is 17.4 Å². The Labute approximate surface area is 111 Å². The van der Waals surface area contributed by atoms with Crippen molar-refractivity contribution in [2.75, 3.05) is 12.0 Å². The van der Waals surface area contributed by atoms with Crippen LogP contribution in [-0.2, 0) is 6.18 Å². The molecule has 0 saturated carbocycles. The van der Waals surface area contributed by atoms with Crippen molar-refractivity contribution in [3.05, 3.63) is 27.7 Å². The van der Waals surface area contributed by atoms with E-state index in [1.807, 2.05) is 0 Å². The topological polar surface area (TPSA) is 44.6 Å². The zero-order valence-electron chi connectivity index (χ0n) is 9.15. The Hall–Kier alpha value is -0.980. The van der Waals surface area contributed by atoms with Crippen molar-refractivity contribution in [2.24, 2.45) is 5.10 Å². The van der Waals surface area contributed by atoms with Crippen LogP contribution in [0.5, 0.6) is 0 Å². The third-order valence-electron chi connectivity index (χ3n) is 1.96. The lowest BCUT2D eigenvalue weighted by atomic mass is 10.2. The molecule has 0 unspecified atom stereocenters. The maximum Gasteiger partial charge on any atom is 0.416 e. The van der Waals surface area contributed by atoms with Gasteiger partial charge in [-0.25, -0.2) is 0 Å². The Balaban J connectivity index is 3.10. The fraction of sp³-hybridized carbons (Fsp3) is 0.300. The summed E-state index contributed by atoms with van der Waals surface area (Å²) in [5, 5.41) is 12.0. The Bertz CT molecular complexity index is 452. The minimum absolute atomic E-state index is 0.0548. The van der Waals surface area contributed by atoms with Crippen LogP contribution in [0.2, 0.25) is 10.0 Å². The number of aliphatic hydroxyl groups excluding tert-OH is 1. The third-order valence-corrected chi connectivity index (χ3v) is 2.55. The number of aliphatic hydroxyl groups is 1. The summed E-state index contributed by atoms with van der Waals surface area (Å²) in [5.74, 6) is 0. The molecule has 1 rings (SSSR count). The molecule has 0 amide bonds. The molecule has 0 spiro atoms. The van der Waals surface area contributed by atoms with E-state index in [9.17, 15) is 13.2 Å². The minimum atomic E-state index is -4.52. The van der Waals surface area contributed by atoms with Gasteiger partial charge in [-0.1, -0.05) is 23.2 Å². The number of nitrogens with one attached hydrogen (secondary N) is 1. The van der Waals surface area contributed by atoms with Gasteiger partial charge in [0.1, 0.15) is 0 Å². The quantitative estimate of drug-likeness (QED) is 0.659. The molecule has 8 heteroatoms. The van der Waals surface area contributed by atoms with Gasteiger partial charge >= 0.3 is 6.18 Å². The molecule has 0 aliphatic carbocycles. The van der Waals surface area contributed by atoms with Crippen LogP contribution < -0.4 is 5.43 Å². The van der Waals surface area contributed by atoms with Crippen LogP contribution in [0.3, 0.4) is 0 Å². The average Bonchev–Trinajstić information content (AvgIpc) is 2.26. The highest BCUT2D eigenvalue weighted by Gasteiger charge is 2.32. The highest BCUT2D eigenvalue weighted by molar-refractivity contribution is 6.39. The van der Waals surface area contributed by atoms with E-state index in [0.29, 0.717) is 5.71 Å². The van der Waals surface area contributed by atoms with E-state index in [0.717, 1.165) is 12.1 Å². The molecule has 0 aromatic heterocycles. The molecule has 100 valence electrons. The Morgan fingerprint density at radius 2 is 1.83 bits per heavy atom. The smallest absolute Gasteiger partial charge is 0.390 e. The molecule has 18 heavy (non-hydrogen) atoms. The number of nitrogens with zero attached hydrogens (tertiary/aromatic N) is 1. The second-order valence-electron chi connectivity index (χ2n) is 3.43. The number of rotatable bonds is 3. The molecule has 0 heterocycles. The number of hydrogen-bond acceptors (Lipinski definition) is 3. The molecular formula is C10H9Cl2F3N2O. The number of hydrazone groups is 1. The first-order chi connectivity index (χ1) is 8.25. The summed E-state index contributed by atoms with van der Waals surface area (Å²) in [6.45, 7) is 1.24. The van der Waals surface area contributed by atoms with E-state index in [1.54, 1.807) is 0 Å². The van der Waals surface area contributed by atoms with Crippen molar-refractivity contribution in [3.8, 4) is 0 Å². The zero-order valence-corrected chi connectivity index (χ0v) is 10.7. The maximum atomic E-state index is 12.4. The monoisotopic (exact) mass is 300 g/mol. The first-order valence-electron chi connectivity index (χ1n) is 4.72. The van der Waals surface area contributed by atoms with E-state index >= 15 is 0 Å². The largest absolute Gasteiger partial charge is 0.416 e. The summed E-state index contributed by atoms with van der Waals surface area (Å²) < 4.78 is 37.3. The van der Waals surface area contributed by atoms with Gasteiger partial charge in [0.15, 0.2) is 0 Å². The molecular weight excluding hydrogens is 292 g/mol. The van der Waals surface area contributed by atoms with Gasteiger partial charge in [0, 0.05) is 0 Å². The van der Waals surface area contributed by atoms with Crippen molar-refractivity contribution < 1.29 is 18.3 Å². The van der Waals surface area contributed by atoms with Crippen molar-refractivity contribution in [2.45, 2.75) is 13.1 Å². The lowest BCUT2D eigenvalue weighted by molar-refractivity contribution is -0.137. The summed E-state index contributed by atoms with van der Waals surface area (Å²) in [7, 11) is 0. The number of alkyl halides is 3. The minimum Gasteiger partial charge on any atom is -0.390 e. The Kier molecular flexibility index (Phi) is 4.84. The summed E-state index contributed by atoms with van der Waals surface area (Å²) >= 11 is 11.4. The second kappa shape index (κ2) is 5.77. The van der Waals surface area contributed by atoms with Crippen molar-refractivity contribution in [1.29, 1.82) is 0 Å². The normalized spacial score (nSPS) is 12.7. The van der Waals surface area contributed by atoms with Crippen molar-refractivity contribution >= 4 is 34.6 Å². The van der Waals surface area contributed by atoms with Crippen molar-refractivity contribution in [3.63, 3.8) is 0 Å². The van der Waals surface area contributed by atoms with E-state index < -0.39 is 11.7 Å². The SMILES string of the molecule is CC(CO)=NNc1c(Cl)cc(C(F)(F)F)cc1Cl. The number of anilines is 1. The van der Waals surface area contributed by atoms with E-state index in [1.165, 1.54) is 6.92 Å². The van der Waals surface area contributed by atoms with E-state index in [2.05, 4.69) is 10.5 Å². The molecule has 0 aliphatic rings. The maximum absolute atomic E-state index is 12.4. The number of benzene rings is 1. The summed E-state index contributed by atoms with van der Waals surface area (Å²) in [4.78, 5) is 0. The van der Waals surface area contributed by atoms with Gasteiger partial charge in [0.05, 0.1) is 33.6 Å². The fourth-order valence-corrected chi connectivity index (χ4v) is 1.60. The molecule has 0 atom stereocenters. The van der Waals surface area contributed by atoms with Crippen LogP contribution in [0.4, 0.5) is 18.9 Å². The average molecular weight is 301 g/mol. The van der Waals surface area contributed by atoms with Gasteiger partial charge in [0.2, 0.25) is 0 Å². The van der Waals surface area contributed by atoms with Crippen LogP contribution in [0.1, 0.15) is 12.5 Å². The lowest BCUT2D eigenvalue weighted by Gasteiger charge is -2.12. The van der Waals surface area contributed by atoms with Gasteiger partial charge in [-0.15, -0.1) is 0 Å². The molecule has 0 saturated heterocycles. The van der Waals surface area contributed by atoms with E-state index in [-0.39, 0.29) is 22.3 Å². The van der Waals surface area contributed by atoms with Gasteiger partial charge < -0.3 is 5.11 Å². The number of halogens is 5. The molecule has 0 radical (unpaired) electrons. The molecule has 0 bridgehead atoms. The first-order valence-corrected chi connectivity index (χ1v) is 5.47. The molecule has 1 aromatic rings. The second-order valence-corrected chi connectivity index (χ2v) is 4.24. The third kappa shape index (κ3) is 3.76. The van der Waals surface area contributed by atoms with Crippen LogP contribution >= 0.6 is 23.2 Å². The van der Waals surface area contributed by atoms with E-state index in [4.69, 9.17) is 28.3 Å². The van der Waals surface area contributed by atoms with Crippen molar-refractivity contribution in [1.82, 2.24) is 0 Å². The predicted octanol–water partition coefficient (Wildman–Crippen LogP) is 3.79.